The number of ether oxygens (including phenoxy) is 4. The summed E-state index contributed by atoms with van der Waals surface area (Å²) in [5.74, 6) is 0.741. The number of hydrogen-bond acceptors (Lipinski definition) is 10. The van der Waals surface area contributed by atoms with Crippen molar-refractivity contribution in [2.45, 2.75) is 38.3 Å². The van der Waals surface area contributed by atoms with Crippen LogP contribution in [0.5, 0.6) is 23.0 Å². The smallest absolute Gasteiger partial charge is 0.335 e. The summed E-state index contributed by atoms with van der Waals surface area (Å²) in [4.78, 5) is 49.7. The molecule has 3 aliphatic rings. The van der Waals surface area contributed by atoms with E-state index in [1.807, 2.05) is 56.6 Å². The minimum absolute atomic E-state index is 0.201. The van der Waals surface area contributed by atoms with E-state index < -0.39 is 5.97 Å². The number of fused-ring (bicyclic) bond motifs is 2. The number of aryl methyl sites for hydroxylation is 1. The molecule has 0 aliphatic carbocycles. The maximum atomic E-state index is 13.7. The Morgan fingerprint density at radius 3 is 2.19 bits per heavy atom. The Balaban J connectivity index is 0.968. The Kier molecular flexibility index (Phi) is 11.4. The number of aromatic carboxylic acids is 1. The Morgan fingerprint density at radius 2 is 1.54 bits per heavy atom. The topological polar surface area (TPSA) is 152 Å². The number of methoxy groups -OCH3 is 2. The molecule has 7 rings (SSSR count). The van der Waals surface area contributed by atoms with E-state index in [0.717, 1.165) is 39.9 Å². The summed E-state index contributed by atoms with van der Waals surface area (Å²) in [6, 6.07) is 21.2. The summed E-state index contributed by atoms with van der Waals surface area (Å²) in [5.41, 5.74) is 7.54. The van der Waals surface area contributed by atoms with Crippen molar-refractivity contribution in [1.82, 2.24) is 9.80 Å². The molecule has 0 fully saturated rings. The number of aliphatic imine (C=N–C) groups is 2. The molecule has 0 spiro atoms. The lowest BCUT2D eigenvalue weighted by Gasteiger charge is -2.19. The molecule has 3 aliphatic heterocycles. The van der Waals surface area contributed by atoms with E-state index in [-0.39, 0.29) is 23.6 Å². The minimum atomic E-state index is -0.992. The van der Waals surface area contributed by atoms with Gasteiger partial charge in [-0.1, -0.05) is 24.3 Å². The number of carbonyl (C=O) groups is 3. The molecule has 13 nitrogen and oxygen atoms in total. The van der Waals surface area contributed by atoms with E-state index in [0.29, 0.717) is 72.4 Å². The Morgan fingerprint density at radius 1 is 0.895 bits per heavy atom. The molecule has 0 saturated carbocycles. The van der Waals surface area contributed by atoms with Crippen LogP contribution in [-0.2, 0) is 4.79 Å². The fourth-order valence-corrected chi connectivity index (χ4v) is 6.99. The van der Waals surface area contributed by atoms with Crippen molar-refractivity contribution in [3.8, 4) is 23.0 Å². The van der Waals surface area contributed by atoms with Crippen LogP contribution >= 0.6 is 0 Å². The first-order chi connectivity index (χ1) is 27.7. The average molecular weight is 770 g/mol. The van der Waals surface area contributed by atoms with Gasteiger partial charge in [0, 0.05) is 69.0 Å². The van der Waals surface area contributed by atoms with E-state index in [1.54, 1.807) is 71.9 Å². The zero-order valence-corrected chi connectivity index (χ0v) is 32.1. The summed E-state index contributed by atoms with van der Waals surface area (Å²) in [6.45, 7) is 2.56. The fraction of sp³-hybridized carbons (Fsp3) is 0.250. The summed E-state index contributed by atoms with van der Waals surface area (Å²) in [5, 5.41) is 12.4. The van der Waals surface area contributed by atoms with Crippen molar-refractivity contribution in [1.29, 1.82) is 0 Å². The van der Waals surface area contributed by atoms with Gasteiger partial charge in [-0.3, -0.25) is 19.6 Å². The van der Waals surface area contributed by atoms with Gasteiger partial charge in [-0.15, -0.1) is 0 Å². The van der Waals surface area contributed by atoms with Gasteiger partial charge >= 0.3 is 5.97 Å². The summed E-state index contributed by atoms with van der Waals surface area (Å²) in [6.07, 6.45) is 9.74. The lowest BCUT2D eigenvalue weighted by Crippen LogP contribution is -2.32. The Labute approximate surface area is 330 Å². The van der Waals surface area contributed by atoms with E-state index in [9.17, 15) is 19.5 Å². The van der Waals surface area contributed by atoms with E-state index in [1.165, 1.54) is 7.11 Å². The third-order valence-corrected chi connectivity index (χ3v) is 10.2. The van der Waals surface area contributed by atoms with Gasteiger partial charge in [0.1, 0.15) is 0 Å². The molecule has 2 N–H and O–H groups in total. The van der Waals surface area contributed by atoms with Crippen LogP contribution in [0.4, 0.5) is 17.1 Å². The molecule has 2 unspecified atom stereocenters. The number of nitrogens with one attached hydrogen (secondary N) is 1. The predicted molar refractivity (Wildman–Crippen MR) is 219 cm³/mol. The third kappa shape index (κ3) is 8.23. The molecule has 13 heteroatoms. The van der Waals surface area contributed by atoms with Crippen molar-refractivity contribution in [3.05, 3.63) is 113 Å². The van der Waals surface area contributed by atoms with Gasteiger partial charge in [0.2, 0.25) is 6.41 Å². The standard InChI is InChI=1S/C44H43N5O8/c1-27-16-39(54-3)41(20-37(27)46-22-34-17-31(24-48(34)26-50)29-10-12-33(45-2)13-11-29)56-14-5-15-57-42-21-38-36(19-40(42)55-4)43(51)49-25-32(18-35(49)23-47-38)28-6-8-30(9-7-28)44(52)53/h6-13,16,19-26,34-35,45H,5,14-15,17-18H2,1-4H3,(H,52,53). The van der Waals surface area contributed by atoms with Gasteiger partial charge in [0.05, 0.1) is 62.0 Å². The maximum Gasteiger partial charge on any atom is 0.335 e. The number of benzene rings is 4. The number of carbonyl (C=O) groups excluding carboxylic acids is 2. The third-order valence-electron chi connectivity index (χ3n) is 10.2. The second kappa shape index (κ2) is 16.9. The van der Waals surface area contributed by atoms with Crippen LogP contribution in [0.15, 0.2) is 95.2 Å². The molecular weight excluding hydrogens is 727 g/mol. The van der Waals surface area contributed by atoms with Gasteiger partial charge < -0.3 is 39.2 Å². The number of carboxylic acids is 1. The first kappa shape index (κ1) is 38.4. The molecule has 292 valence electrons. The zero-order chi connectivity index (χ0) is 40.1. The van der Waals surface area contributed by atoms with Crippen molar-refractivity contribution >= 4 is 58.9 Å². The van der Waals surface area contributed by atoms with Gasteiger partial charge in [-0.05, 0) is 71.2 Å². The highest BCUT2D eigenvalue weighted by atomic mass is 16.5. The summed E-state index contributed by atoms with van der Waals surface area (Å²) in [7, 11) is 4.98. The number of nitrogens with zero attached hydrogens (tertiary/aromatic N) is 4. The maximum absolute atomic E-state index is 13.7. The van der Waals surface area contributed by atoms with Crippen LogP contribution in [0, 0.1) is 6.92 Å². The van der Waals surface area contributed by atoms with Crippen LogP contribution in [-0.4, -0.2) is 92.2 Å². The number of hydrogen-bond donors (Lipinski definition) is 2. The molecule has 4 aromatic rings. The molecular formula is C44H43N5O8. The first-order valence-electron chi connectivity index (χ1n) is 18.5. The molecule has 2 atom stereocenters. The van der Waals surface area contributed by atoms with E-state index in [4.69, 9.17) is 23.9 Å². The molecule has 0 saturated heterocycles. The number of rotatable bonds is 15. The SMILES string of the molecule is CNc1ccc(C2=CN(C=O)C(C=Nc3cc(OCCCOc4cc5c(cc4OC)C(=O)N4C=C(c6ccc(C(=O)O)cc6)CC4C=N5)c(OC)cc3C)C2)cc1. The van der Waals surface area contributed by atoms with Crippen LogP contribution in [0.2, 0.25) is 0 Å². The van der Waals surface area contributed by atoms with Crippen molar-refractivity contribution in [3.63, 3.8) is 0 Å². The second-order valence-electron chi connectivity index (χ2n) is 13.7. The van der Waals surface area contributed by atoms with Gasteiger partial charge in [0.15, 0.2) is 23.0 Å². The average Bonchev–Trinajstić information content (AvgIpc) is 3.84. The quantitative estimate of drug-likeness (QED) is 0.0710. The number of anilines is 1. The minimum Gasteiger partial charge on any atom is -0.493 e. The van der Waals surface area contributed by atoms with Gasteiger partial charge in [-0.25, -0.2) is 4.79 Å². The Hall–Kier alpha value is -6.89. The number of amides is 2. The van der Waals surface area contributed by atoms with Gasteiger partial charge in [0.25, 0.3) is 5.91 Å². The Bertz CT molecular complexity index is 2300. The number of carboxylic acid groups (broad SMARTS) is 1. The van der Waals surface area contributed by atoms with E-state index in [2.05, 4.69) is 10.3 Å². The summed E-state index contributed by atoms with van der Waals surface area (Å²) >= 11 is 0. The van der Waals surface area contributed by atoms with Crippen LogP contribution in [0.1, 0.15) is 56.7 Å². The monoisotopic (exact) mass is 769 g/mol. The first-order valence-corrected chi connectivity index (χ1v) is 18.5. The fourth-order valence-electron chi connectivity index (χ4n) is 6.99. The van der Waals surface area contributed by atoms with Crippen LogP contribution in [0.3, 0.4) is 0 Å². The second-order valence-corrected chi connectivity index (χ2v) is 13.7. The predicted octanol–water partition coefficient (Wildman–Crippen LogP) is 7.55. The molecule has 0 bridgehead atoms. The lowest BCUT2D eigenvalue weighted by molar-refractivity contribution is -0.116. The van der Waals surface area contributed by atoms with E-state index >= 15 is 0 Å². The highest BCUT2D eigenvalue weighted by molar-refractivity contribution is 6.05. The highest BCUT2D eigenvalue weighted by Crippen LogP contribution is 2.40. The zero-order valence-electron chi connectivity index (χ0n) is 32.1. The van der Waals surface area contributed by atoms with Crippen LogP contribution < -0.4 is 24.3 Å². The molecule has 0 aromatic heterocycles. The normalized spacial score (nSPS) is 17.1. The van der Waals surface area contributed by atoms with Crippen molar-refractivity contribution in [2.75, 3.05) is 39.8 Å². The lowest BCUT2D eigenvalue weighted by atomic mass is 10.0. The largest absolute Gasteiger partial charge is 0.493 e. The van der Waals surface area contributed by atoms with Gasteiger partial charge in [-0.2, -0.15) is 0 Å². The summed E-state index contributed by atoms with van der Waals surface area (Å²) < 4.78 is 23.5. The highest BCUT2D eigenvalue weighted by Gasteiger charge is 2.33. The van der Waals surface area contributed by atoms with Crippen LogP contribution in [0.25, 0.3) is 11.1 Å². The van der Waals surface area contributed by atoms with Crippen molar-refractivity contribution in [2.24, 2.45) is 9.98 Å². The van der Waals surface area contributed by atoms with Crippen molar-refractivity contribution < 1.29 is 38.4 Å². The molecule has 4 aromatic carbocycles. The molecule has 3 heterocycles. The molecule has 57 heavy (non-hydrogen) atoms. The molecule has 2 amide bonds. The molecule has 0 radical (unpaired) electrons.